The maximum Gasteiger partial charge on any atom is 0.240 e. The second kappa shape index (κ2) is 6.30. The molecule has 2 heterocycles. The first kappa shape index (κ1) is 15.8. The predicted molar refractivity (Wildman–Crippen MR) is 96.9 cm³/mol. The van der Waals surface area contributed by atoms with Crippen LogP contribution >= 0.6 is 11.3 Å². The van der Waals surface area contributed by atoms with Crippen molar-refractivity contribution in [3.8, 4) is 10.6 Å². The number of rotatable bonds is 3. The van der Waals surface area contributed by atoms with Crippen LogP contribution in [0.1, 0.15) is 36.1 Å². The summed E-state index contributed by atoms with van der Waals surface area (Å²) < 4.78 is 0. The van der Waals surface area contributed by atoms with Crippen molar-refractivity contribution in [2.24, 2.45) is 0 Å². The van der Waals surface area contributed by atoms with Gasteiger partial charge in [-0.1, -0.05) is 37.1 Å². The summed E-state index contributed by atoms with van der Waals surface area (Å²) in [4.78, 5) is 20.8. The molecule has 4 nitrogen and oxygen atoms in total. The molecule has 1 aromatic carbocycles. The maximum absolute atomic E-state index is 12.5. The Labute approximate surface area is 146 Å². The number of carbonyl (C=O) groups is 1. The fraction of sp³-hybridized carbons (Fsp3) is 0.474. The topological polar surface area (TPSA) is 45.2 Å². The van der Waals surface area contributed by atoms with Gasteiger partial charge in [0, 0.05) is 36.3 Å². The number of amides is 1. The van der Waals surface area contributed by atoms with E-state index >= 15 is 0 Å². The highest BCUT2D eigenvalue weighted by atomic mass is 32.1. The molecule has 0 unspecified atom stereocenters. The van der Waals surface area contributed by atoms with Gasteiger partial charge in [0.1, 0.15) is 10.5 Å². The van der Waals surface area contributed by atoms with E-state index in [9.17, 15) is 4.79 Å². The summed E-state index contributed by atoms with van der Waals surface area (Å²) in [5.41, 5.74) is 2.19. The van der Waals surface area contributed by atoms with E-state index in [1.165, 1.54) is 16.0 Å². The average Bonchev–Trinajstić information content (AvgIpc) is 3.23. The molecule has 2 aliphatic rings. The van der Waals surface area contributed by atoms with E-state index in [4.69, 9.17) is 0 Å². The van der Waals surface area contributed by atoms with Gasteiger partial charge in [0.15, 0.2) is 0 Å². The molecule has 1 amide bonds. The Hall–Kier alpha value is -1.72. The van der Waals surface area contributed by atoms with Gasteiger partial charge in [-0.15, -0.1) is 11.3 Å². The molecule has 1 N–H and O–H groups in total. The van der Waals surface area contributed by atoms with Gasteiger partial charge in [-0.05, 0) is 25.3 Å². The minimum atomic E-state index is -0.273. The second-order valence-corrected chi connectivity index (χ2v) is 7.98. The molecule has 2 fully saturated rings. The van der Waals surface area contributed by atoms with Crippen molar-refractivity contribution in [2.45, 2.75) is 44.7 Å². The normalized spacial score (nSPS) is 20.5. The number of piperazine rings is 1. The van der Waals surface area contributed by atoms with Crippen molar-refractivity contribution in [3.05, 3.63) is 40.9 Å². The summed E-state index contributed by atoms with van der Waals surface area (Å²) in [6.45, 7) is 4.64. The van der Waals surface area contributed by atoms with Crippen LogP contribution in [0.2, 0.25) is 0 Å². The molecule has 1 aliphatic carbocycles. The van der Waals surface area contributed by atoms with Crippen LogP contribution < -0.4 is 5.32 Å². The van der Waals surface area contributed by atoms with Gasteiger partial charge < -0.3 is 5.32 Å². The van der Waals surface area contributed by atoms with Crippen LogP contribution in [-0.2, 0) is 11.3 Å². The summed E-state index contributed by atoms with van der Waals surface area (Å²) >= 11 is 1.75. The fourth-order valence-corrected chi connectivity index (χ4v) is 5.08. The number of nitrogens with zero attached hydrogens (tertiary/aromatic N) is 2. The molecule has 2 aromatic rings. The number of aryl methyl sites for hydroxylation is 1. The van der Waals surface area contributed by atoms with Crippen molar-refractivity contribution in [1.29, 1.82) is 0 Å². The number of carbonyl (C=O) groups excluding carboxylic acids is 1. The number of nitrogens with one attached hydrogen (secondary N) is 1. The molecule has 1 aromatic heterocycles. The van der Waals surface area contributed by atoms with Gasteiger partial charge in [0.2, 0.25) is 5.91 Å². The highest BCUT2D eigenvalue weighted by Gasteiger charge is 2.47. The van der Waals surface area contributed by atoms with Crippen molar-refractivity contribution >= 4 is 17.2 Å². The lowest BCUT2D eigenvalue weighted by Gasteiger charge is -2.43. The van der Waals surface area contributed by atoms with Crippen LogP contribution in [0.5, 0.6) is 0 Å². The molecule has 0 radical (unpaired) electrons. The first-order valence-electron chi connectivity index (χ1n) is 8.73. The lowest BCUT2D eigenvalue weighted by molar-refractivity contribution is -0.137. The van der Waals surface area contributed by atoms with Crippen LogP contribution in [0.4, 0.5) is 0 Å². The quantitative estimate of drug-likeness (QED) is 0.931. The third kappa shape index (κ3) is 2.66. The minimum Gasteiger partial charge on any atom is -0.353 e. The van der Waals surface area contributed by atoms with Crippen molar-refractivity contribution in [1.82, 2.24) is 15.2 Å². The van der Waals surface area contributed by atoms with Crippen LogP contribution in [0.25, 0.3) is 10.6 Å². The number of benzene rings is 1. The SMILES string of the molecule is Cc1ccccc1-c1ncc(CN2CCNC(=O)C23CCCC3)s1. The van der Waals surface area contributed by atoms with Crippen molar-refractivity contribution in [3.63, 3.8) is 0 Å². The molecule has 126 valence electrons. The number of hydrogen-bond donors (Lipinski definition) is 1. The first-order chi connectivity index (χ1) is 11.7. The van der Waals surface area contributed by atoms with E-state index in [-0.39, 0.29) is 11.4 Å². The summed E-state index contributed by atoms with van der Waals surface area (Å²) in [7, 11) is 0. The smallest absolute Gasteiger partial charge is 0.240 e. The lowest BCUT2D eigenvalue weighted by Crippen LogP contribution is -2.63. The Morgan fingerprint density at radius 3 is 2.88 bits per heavy atom. The maximum atomic E-state index is 12.5. The Kier molecular flexibility index (Phi) is 4.14. The van der Waals surface area contributed by atoms with Crippen molar-refractivity contribution in [2.75, 3.05) is 13.1 Å². The summed E-state index contributed by atoms with van der Waals surface area (Å²) in [5, 5.41) is 4.15. The van der Waals surface area contributed by atoms with E-state index in [0.717, 1.165) is 50.3 Å². The Morgan fingerprint density at radius 1 is 1.29 bits per heavy atom. The highest BCUT2D eigenvalue weighted by molar-refractivity contribution is 7.15. The zero-order chi connectivity index (χ0) is 16.6. The third-order valence-electron chi connectivity index (χ3n) is 5.40. The molecule has 5 heteroatoms. The molecular weight excluding hydrogens is 318 g/mol. The van der Waals surface area contributed by atoms with Gasteiger partial charge in [-0.2, -0.15) is 0 Å². The van der Waals surface area contributed by atoms with Gasteiger partial charge >= 0.3 is 0 Å². The van der Waals surface area contributed by atoms with Crippen LogP contribution in [0, 0.1) is 6.92 Å². The highest BCUT2D eigenvalue weighted by Crippen LogP contribution is 2.38. The van der Waals surface area contributed by atoms with E-state index < -0.39 is 0 Å². The Balaban J connectivity index is 1.57. The van der Waals surface area contributed by atoms with Gasteiger partial charge in [0.05, 0.1) is 0 Å². The molecule has 0 atom stereocenters. The van der Waals surface area contributed by atoms with Gasteiger partial charge in [-0.3, -0.25) is 9.69 Å². The van der Waals surface area contributed by atoms with Crippen LogP contribution in [0.3, 0.4) is 0 Å². The van der Waals surface area contributed by atoms with Crippen LogP contribution in [0.15, 0.2) is 30.5 Å². The molecule has 0 bridgehead atoms. The lowest BCUT2D eigenvalue weighted by atomic mass is 9.91. The number of aromatic nitrogens is 1. The molecule has 1 saturated carbocycles. The van der Waals surface area contributed by atoms with E-state index in [2.05, 4.69) is 46.4 Å². The first-order valence-corrected chi connectivity index (χ1v) is 9.55. The monoisotopic (exact) mass is 341 g/mol. The second-order valence-electron chi connectivity index (χ2n) is 6.86. The summed E-state index contributed by atoms with van der Waals surface area (Å²) in [5.74, 6) is 0.231. The Morgan fingerprint density at radius 2 is 2.08 bits per heavy atom. The fourth-order valence-electron chi connectivity index (χ4n) is 4.07. The zero-order valence-electron chi connectivity index (χ0n) is 14.0. The standard InChI is InChI=1S/C19H23N3OS/c1-14-6-2-3-7-16(14)17-21-12-15(24-17)13-22-11-10-20-18(23)19(22)8-4-5-9-19/h2-3,6-7,12H,4-5,8-11,13H2,1H3,(H,20,23). The third-order valence-corrected chi connectivity index (χ3v) is 6.42. The molecule has 1 saturated heterocycles. The van der Waals surface area contributed by atoms with E-state index in [0.29, 0.717) is 0 Å². The Bertz CT molecular complexity index is 749. The van der Waals surface area contributed by atoms with E-state index in [1.54, 1.807) is 11.3 Å². The molecule has 1 aliphatic heterocycles. The zero-order valence-corrected chi connectivity index (χ0v) is 14.9. The van der Waals surface area contributed by atoms with Gasteiger partial charge in [-0.25, -0.2) is 4.98 Å². The minimum absolute atomic E-state index is 0.231. The molecule has 24 heavy (non-hydrogen) atoms. The predicted octanol–water partition coefficient (Wildman–Crippen LogP) is 3.36. The average molecular weight is 341 g/mol. The van der Waals surface area contributed by atoms with Crippen molar-refractivity contribution < 1.29 is 4.79 Å². The summed E-state index contributed by atoms with van der Waals surface area (Å²) in [6, 6.07) is 8.37. The molecule has 1 spiro atoms. The number of hydrogen-bond acceptors (Lipinski definition) is 4. The number of thiazole rings is 1. The molecule has 4 rings (SSSR count). The summed E-state index contributed by atoms with van der Waals surface area (Å²) in [6.07, 6.45) is 6.27. The van der Waals surface area contributed by atoms with Gasteiger partial charge in [0.25, 0.3) is 0 Å². The largest absolute Gasteiger partial charge is 0.353 e. The van der Waals surface area contributed by atoms with Crippen LogP contribution in [-0.4, -0.2) is 34.4 Å². The molecular formula is C19H23N3OS. The van der Waals surface area contributed by atoms with E-state index in [1.807, 2.05) is 6.20 Å².